The normalized spacial score (nSPS) is 16.2. The summed E-state index contributed by atoms with van der Waals surface area (Å²) >= 11 is 0. The van der Waals surface area contributed by atoms with Crippen LogP contribution in [0.4, 0.5) is 0 Å². The summed E-state index contributed by atoms with van der Waals surface area (Å²) in [4.78, 5) is 16.0. The Balaban J connectivity index is 1.69. The lowest BCUT2D eigenvalue weighted by molar-refractivity contribution is -0.145. The van der Waals surface area contributed by atoms with E-state index in [9.17, 15) is 4.79 Å². The van der Waals surface area contributed by atoms with Crippen LogP contribution in [0.2, 0.25) is 0 Å². The third kappa shape index (κ3) is 3.93. The molecular formula is C19H19NO4. The summed E-state index contributed by atoms with van der Waals surface area (Å²) in [5.41, 5.74) is 1.96. The van der Waals surface area contributed by atoms with Gasteiger partial charge in [-0.2, -0.15) is 0 Å². The first-order chi connectivity index (χ1) is 11.8. The number of ether oxygens (including phenoxy) is 3. The monoisotopic (exact) mass is 325 g/mol. The van der Waals surface area contributed by atoms with E-state index >= 15 is 0 Å². The summed E-state index contributed by atoms with van der Waals surface area (Å²) in [7, 11) is 0. The molecule has 124 valence electrons. The SMILES string of the molecule is CCOC(=O)COc1cccc(C2=NC(c3ccccc3)CO2)c1. The number of benzene rings is 2. The highest BCUT2D eigenvalue weighted by Gasteiger charge is 2.21. The van der Waals surface area contributed by atoms with Gasteiger partial charge in [0.2, 0.25) is 5.90 Å². The predicted octanol–water partition coefficient (Wildman–Crippen LogP) is 3.15. The van der Waals surface area contributed by atoms with Gasteiger partial charge in [0, 0.05) is 5.56 Å². The van der Waals surface area contributed by atoms with Crippen LogP contribution in [0.5, 0.6) is 5.75 Å². The van der Waals surface area contributed by atoms with Gasteiger partial charge in [0.1, 0.15) is 18.4 Å². The molecule has 2 aromatic rings. The Morgan fingerprint density at radius 2 is 2.04 bits per heavy atom. The smallest absolute Gasteiger partial charge is 0.344 e. The van der Waals surface area contributed by atoms with Gasteiger partial charge in [-0.15, -0.1) is 0 Å². The predicted molar refractivity (Wildman–Crippen MR) is 90.2 cm³/mol. The first-order valence-electron chi connectivity index (χ1n) is 7.90. The number of carbonyl (C=O) groups is 1. The molecule has 1 heterocycles. The molecule has 0 N–H and O–H groups in total. The Morgan fingerprint density at radius 3 is 2.83 bits per heavy atom. The molecule has 2 aromatic carbocycles. The first kappa shape index (κ1) is 16.1. The Morgan fingerprint density at radius 1 is 1.21 bits per heavy atom. The van der Waals surface area contributed by atoms with Crippen molar-refractivity contribution in [1.82, 2.24) is 0 Å². The van der Waals surface area contributed by atoms with Crippen LogP contribution in [0.15, 0.2) is 59.6 Å². The standard InChI is InChI=1S/C19H19NO4/c1-2-22-18(21)13-23-16-10-6-9-15(11-16)19-20-17(12-24-19)14-7-4-3-5-8-14/h3-11,17H,2,12-13H2,1H3. The lowest BCUT2D eigenvalue weighted by atomic mass is 10.1. The molecule has 0 spiro atoms. The van der Waals surface area contributed by atoms with Crippen molar-refractivity contribution in [2.45, 2.75) is 13.0 Å². The van der Waals surface area contributed by atoms with Crippen LogP contribution in [0.3, 0.4) is 0 Å². The Kier molecular flexibility index (Phi) is 5.11. The number of esters is 1. The van der Waals surface area contributed by atoms with E-state index in [1.54, 1.807) is 13.0 Å². The van der Waals surface area contributed by atoms with E-state index in [0.29, 0.717) is 24.9 Å². The number of carbonyl (C=O) groups excluding carboxylic acids is 1. The maximum Gasteiger partial charge on any atom is 0.344 e. The molecule has 0 aliphatic carbocycles. The lowest BCUT2D eigenvalue weighted by Crippen LogP contribution is -2.14. The highest BCUT2D eigenvalue weighted by Crippen LogP contribution is 2.26. The molecular weight excluding hydrogens is 306 g/mol. The first-order valence-corrected chi connectivity index (χ1v) is 7.90. The van der Waals surface area contributed by atoms with Crippen LogP contribution in [0, 0.1) is 0 Å². The topological polar surface area (TPSA) is 57.1 Å². The van der Waals surface area contributed by atoms with Crippen molar-refractivity contribution in [1.29, 1.82) is 0 Å². The highest BCUT2D eigenvalue weighted by atomic mass is 16.6. The Labute approximate surface area is 140 Å². The molecule has 0 saturated heterocycles. The maximum absolute atomic E-state index is 11.4. The van der Waals surface area contributed by atoms with Crippen LogP contribution in [-0.4, -0.2) is 31.7 Å². The van der Waals surface area contributed by atoms with E-state index in [4.69, 9.17) is 14.2 Å². The van der Waals surface area contributed by atoms with E-state index in [1.807, 2.05) is 48.5 Å². The molecule has 0 bridgehead atoms. The number of rotatable bonds is 6. The Hall–Kier alpha value is -2.82. The van der Waals surface area contributed by atoms with Crippen LogP contribution >= 0.6 is 0 Å². The van der Waals surface area contributed by atoms with Gasteiger partial charge in [0.15, 0.2) is 6.61 Å². The van der Waals surface area contributed by atoms with Crippen molar-refractivity contribution in [2.75, 3.05) is 19.8 Å². The quantitative estimate of drug-likeness (QED) is 0.766. The largest absolute Gasteiger partial charge is 0.482 e. The fraction of sp³-hybridized carbons (Fsp3) is 0.263. The zero-order valence-electron chi connectivity index (χ0n) is 13.5. The zero-order valence-corrected chi connectivity index (χ0v) is 13.5. The zero-order chi connectivity index (χ0) is 16.8. The fourth-order valence-electron chi connectivity index (χ4n) is 2.44. The average Bonchev–Trinajstić information content (AvgIpc) is 3.11. The van der Waals surface area contributed by atoms with E-state index in [-0.39, 0.29) is 18.6 Å². The van der Waals surface area contributed by atoms with Crippen molar-refractivity contribution in [2.24, 2.45) is 4.99 Å². The second-order valence-corrected chi connectivity index (χ2v) is 5.29. The van der Waals surface area contributed by atoms with Crippen LogP contribution in [-0.2, 0) is 14.3 Å². The van der Waals surface area contributed by atoms with Gasteiger partial charge in [-0.05, 0) is 30.7 Å². The van der Waals surface area contributed by atoms with Crippen LogP contribution < -0.4 is 4.74 Å². The summed E-state index contributed by atoms with van der Waals surface area (Å²) in [5.74, 6) is 0.780. The molecule has 24 heavy (non-hydrogen) atoms. The fourth-order valence-corrected chi connectivity index (χ4v) is 2.44. The van der Waals surface area contributed by atoms with E-state index < -0.39 is 0 Å². The number of aliphatic imine (C=N–C) groups is 1. The molecule has 1 unspecified atom stereocenters. The van der Waals surface area contributed by atoms with Crippen molar-refractivity contribution >= 4 is 11.9 Å². The third-order valence-corrected chi connectivity index (χ3v) is 3.58. The minimum Gasteiger partial charge on any atom is -0.482 e. The Bertz CT molecular complexity index is 727. The highest BCUT2D eigenvalue weighted by molar-refractivity contribution is 5.95. The molecule has 1 aliphatic rings. The summed E-state index contributed by atoms with van der Waals surface area (Å²) < 4.78 is 16.0. The lowest BCUT2D eigenvalue weighted by Gasteiger charge is -2.07. The van der Waals surface area contributed by atoms with Gasteiger partial charge in [0.25, 0.3) is 0 Å². The van der Waals surface area contributed by atoms with Gasteiger partial charge >= 0.3 is 5.97 Å². The molecule has 5 heteroatoms. The van der Waals surface area contributed by atoms with Crippen LogP contribution in [0.25, 0.3) is 0 Å². The van der Waals surface area contributed by atoms with Gasteiger partial charge in [-0.3, -0.25) is 0 Å². The molecule has 5 nitrogen and oxygen atoms in total. The van der Waals surface area contributed by atoms with Crippen LogP contribution in [0.1, 0.15) is 24.1 Å². The summed E-state index contributed by atoms with van der Waals surface area (Å²) in [5, 5.41) is 0. The summed E-state index contributed by atoms with van der Waals surface area (Å²) in [6.07, 6.45) is 0. The van der Waals surface area contributed by atoms with Gasteiger partial charge in [-0.25, -0.2) is 9.79 Å². The minimum absolute atomic E-state index is 0.00491. The maximum atomic E-state index is 11.4. The number of nitrogens with zero attached hydrogens (tertiary/aromatic N) is 1. The van der Waals surface area contributed by atoms with E-state index in [2.05, 4.69) is 4.99 Å². The van der Waals surface area contributed by atoms with Gasteiger partial charge in [0.05, 0.1) is 6.61 Å². The molecule has 1 atom stereocenters. The van der Waals surface area contributed by atoms with Gasteiger partial charge < -0.3 is 14.2 Å². The van der Waals surface area contributed by atoms with E-state index in [0.717, 1.165) is 11.1 Å². The van der Waals surface area contributed by atoms with Crippen molar-refractivity contribution < 1.29 is 19.0 Å². The summed E-state index contributed by atoms with van der Waals surface area (Å²) in [6, 6.07) is 17.4. The third-order valence-electron chi connectivity index (χ3n) is 3.58. The van der Waals surface area contributed by atoms with Crippen molar-refractivity contribution in [3.05, 3.63) is 65.7 Å². The second kappa shape index (κ2) is 7.64. The molecule has 0 radical (unpaired) electrons. The minimum atomic E-state index is -0.387. The molecule has 1 aliphatic heterocycles. The van der Waals surface area contributed by atoms with Crippen molar-refractivity contribution in [3.63, 3.8) is 0 Å². The molecule has 0 saturated carbocycles. The molecule has 0 fully saturated rings. The molecule has 3 rings (SSSR count). The van der Waals surface area contributed by atoms with Gasteiger partial charge in [-0.1, -0.05) is 36.4 Å². The number of hydrogen-bond acceptors (Lipinski definition) is 5. The van der Waals surface area contributed by atoms with E-state index in [1.165, 1.54) is 0 Å². The summed E-state index contributed by atoms with van der Waals surface area (Å²) in [6.45, 7) is 2.51. The molecule has 0 amide bonds. The average molecular weight is 325 g/mol. The molecule has 0 aromatic heterocycles. The number of hydrogen-bond donors (Lipinski definition) is 0. The second-order valence-electron chi connectivity index (χ2n) is 5.29. The van der Waals surface area contributed by atoms with Crippen molar-refractivity contribution in [3.8, 4) is 5.75 Å².